The Kier molecular flexibility index (Phi) is 6.72. The number of benzene rings is 1. The van der Waals surface area contributed by atoms with Gasteiger partial charge < -0.3 is 5.32 Å². The van der Waals surface area contributed by atoms with Gasteiger partial charge in [0.05, 0.1) is 16.3 Å². The number of hydrogen-bond donors (Lipinski definition) is 1. The van der Waals surface area contributed by atoms with E-state index in [1.54, 1.807) is 23.9 Å². The summed E-state index contributed by atoms with van der Waals surface area (Å²) in [6.45, 7) is 3.99. The van der Waals surface area contributed by atoms with Crippen LogP contribution in [0.15, 0.2) is 29.2 Å². The van der Waals surface area contributed by atoms with Gasteiger partial charge in [0, 0.05) is 11.8 Å². The van der Waals surface area contributed by atoms with E-state index < -0.39 is 9.84 Å². The summed E-state index contributed by atoms with van der Waals surface area (Å²) >= 11 is 1.77. The molecular weight excluding hydrogens is 278 g/mol. The van der Waals surface area contributed by atoms with Crippen LogP contribution in [-0.2, 0) is 9.84 Å². The molecule has 0 aromatic heterocycles. The van der Waals surface area contributed by atoms with Crippen LogP contribution in [-0.4, -0.2) is 32.2 Å². The molecule has 1 aromatic rings. The Hall–Kier alpha value is -0.680. The van der Waals surface area contributed by atoms with Gasteiger partial charge in [-0.2, -0.15) is 11.8 Å². The molecule has 1 unspecified atom stereocenters. The van der Waals surface area contributed by atoms with Gasteiger partial charge in [0.25, 0.3) is 0 Å². The Morgan fingerprint density at radius 3 is 2.53 bits per heavy atom. The normalized spacial score (nSPS) is 13.2. The summed E-state index contributed by atoms with van der Waals surface area (Å²) < 4.78 is 24.5. The molecule has 0 saturated carbocycles. The molecule has 0 spiro atoms. The smallest absolute Gasteiger partial charge is 0.180 e. The average Bonchev–Trinajstić information content (AvgIpc) is 2.38. The first-order chi connectivity index (χ1) is 9.05. The molecule has 19 heavy (non-hydrogen) atoms. The number of sulfone groups is 1. The molecule has 0 aliphatic rings. The number of thioether (sulfide) groups is 1. The van der Waals surface area contributed by atoms with Gasteiger partial charge in [-0.05, 0) is 31.2 Å². The lowest BCUT2D eigenvalue weighted by molar-refractivity contribution is 0.594. The Balaban J connectivity index is 3.02. The molecular formula is C14H23NO2S2. The Morgan fingerprint density at radius 2 is 1.95 bits per heavy atom. The fraction of sp³-hybridized carbons (Fsp3) is 0.571. The van der Waals surface area contributed by atoms with Crippen molar-refractivity contribution in [3.8, 4) is 0 Å². The molecule has 1 rings (SSSR count). The highest BCUT2D eigenvalue weighted by atomic mass is 32.2. The zero-order valence-electron chi connectivity index (χ0n) is 11.8. The van der Waals surface area contributed by atoms with Gasteiger partial charge in [-0.1, -0.05) is 26.0 Å². The van der Waals surface area contributed by atoms with Crippen molar-refractivity contribution in [3.05, 3.63) is 24.3 Å². The van der Waals surface area contributed by atoms with E-state index >= 15 is 0 Å². The van der Waals surface area contributed by atoms with E-state index in [0.717, 1.165) is 17.9 Å². The average molecular weight is 301 g/mol. The number of nitrogens with one attached hydrogen (secondary N) is 1. The standard InChI is InChI=1S/C14H23NO2S2/c1-4-10-19(16,17)14-9-7-6-8-13(14)15-12(5-2)11-18-3/h6-9,12,15H,4-5,10-11H2,1-3H3. The van der Waals surface area contributed by atoms with Gasteiger partial charge in [0.2, 0.25) is 0 Å². The maximum Gasteiger partial charge on any atom is 0.180 e. The third kappa shape index (κ3) is 4.73. The lowest BCUT2D eigenvalue weighted by Gasteiger charge is -2.19. The summed E-state index contributed by atoms with van der Waals surface area (Å²) in [4.78, 5) is 0.427. The summed E-state index contributed by atoms with van der Waals surface area (Å²) in [6.07, 6.45) is 3.67. The van der Waals surface area contributed by atoms with Gasteiger partial charge in [0.15, 0.2) is 9.84 Å². The number of anilines is 1. The first-order valence-corrected chi connectivity index (χ1v) is 9.67. The van der Waals surface area contributed by atoms with Crippen LogP contribution >= 0.6 is 11.8 Å². The molecule has 0 aliphatic heterocycles. The van der Waals surface area contributed by atoms with E-state index in [1.165, 1.54) is 0 Å². The summed E-state index contributed by atoms with van der Waals surface area (Å²) in [6, 6.07) is 7.50. The molecule has 5 heteroatoms. The Labute approximate surface area is 121 Å². The highest BCUT2D eigenvalue weighted by Gasteiger charge is 2.18. The van der Waals surface area contributed by atoms with Gasteiger partial charge >= 0.3 is 0 Å². The number of hydrogen-bond acceptors (Lipinski definition) is 4. The molecule has 0 fully saturated rings. The van der Waals surface area contributed by atoms with E-state index in [2.05, 4.69) is 18.5 Å². The second-order valence-corrected chi connectivity index (χ2v) is 7.51. The Morgan fingerprint density at radius 1 is 1.26 bits per heavy atom. The van der Waals surface area contributed by atoms with Crippen LogP contribution in [0.1, 0.15) is 26.7 Å². The van der Waals surface area contributed by atoms with Gasteiger partial charge in [-0.15, -0.1) is 0 Å². The first kappa shape index (κ1) is 16.4. The van der Waals surface area contributed by atoms with Crippen molar-refractivity contribution in [1.29, 1.82) is 0 Å². The van der Waals surface area contributed by atoms with Crippen LogP contribution in [0.3, 0.4) is 0 Å². The summed E-state index contributed by atoms with van der Waals surface area (Å²) in [5.41, 5.74) is 0.733. The highest BCUT2D eigenvalue weighted by Crippen LogP contribution is 2.24. The van der Waals surface area contributed by atoms with E-state index in [4.69, 9.17) is 0 Å². The van der Waals surface area contributed by atoms with E-state index in [0.29, 0.717) is 17.4 Å². The monoisotopic (exact) mass is 301 g/mol. The molecule has 1 N–H and O–H groups in total. The minimum Gasteiger partial charge on any atom is -0.380 e. The van der Waals surface area contributed by atoms with Crippen molar-refractivity contribution in [2.24, 2.45) is 0 Å². The van der Waals surface area contributed by atoms with Crippen LogP contribution in [0.25, 0.3) is 0 Å². The third-order valence-corrected chi connectivity index (χ3v) is 5.62. The topological polar surface area (TPSA) is 46.2 Å². The minimum absolute atomic E-state index is 0.199. The molecule has 0 heterocycles. The van der Waals surface area contributed by atoms with E-state index in [1.807, 2.05) is 19.1 Å². The van der Waals surface area contributed by atoms with Crippen molar-refractivity contribution in [2.75, 3.05) is 23.1 Å². The summed E-state index contributed by atoms with van der Waals surface area (Å²) in [5, 5.41) is 3.36. The Bertz CT molecular complexity index is 486. The van der Waals surface area contributed by atoms with Gasteiger partial charge in [-0.25, -0.2) is 8.42 Å². The van der Waals surface area contributed by atoms with Gasteiger partial charge in [0.1, 0.15) is 0 Å². The van der Waals surface area contributed by atoms with Crippen molar-refractivity contribution in [2.45, 2.75) is 37.6 Å². The van der Waals surface area contributed by atoms with Gasteiger partial charge in [-0.3, -0.25) is 0 Å². The second-order valence-electron chi connectivity index (χ2n) is 4.52. The maximum atomic E-state index is 12.2. The zero-order valence-corrected chi connectivity index (χ0v) is 13.5. The molecule has 0 amide bonds. The minimum atomic E-state index is -3.18. The van der Waals surface area contributed by atoms with Crippen LogP contribution in [0, 0.1) is 0 Å². The van der Waals surface area contributed by atoms with Crippen LogP contribution in [0.4, 0.5) is 5.69 Å². The van der Waals surface area contributed by atoms with Crippen molar-refractivity contribution in [1.82, 2.24) is 0 Å². The van der Waals surface area contributed by atoms with E-state index in [9.17, 15) is 8.42 Å². The molecule has 108 valence electrons. The molecule has 0 radical (unpaired) electrons. The zero-order chi connectivity index (χ0) is 14.3. The van der Waals surface area contributed by atoms with Crippen molar-refractivity contribution in [3.63, 3.8) is 0 Å². The fourth-order valence-electron chi connectivity index (χ4n) is 1.92. The lowest BCUT2D eigenvalue weighted by Crippen LogP contribution is -2.22. The third-order valence-electron chi connectivity index (χ3n) is 2.92. The molecule has 0 bridgehead atoms. The lowest BCUT2D eigenvalue weighted by atomic mass is 10.2. The highest BCUT2D eigenvalue weighted by molar-refractivity contribution is 7.98. The SMILES string of the molecule is CCCS(=O)(=O)c1ccccc1NC(CC)CSC. The number of rotatable bonds is 8. The largest absolute Gasteiger partial charge is 0.380 e. The maximum absolute atomic E-state index is 12.2. The first-order valence-electron chi connectivity index (χ1n) is 6.62. The molecule has 1 aromatic carbocycles. The molecule has 3 nitrogen and oxygen atoms in total. The van der Waals surface area contributed by atoms with Crippen LogP contribution < -0.4 is 5.32 Å². The molecule has 0 aliphatic carbocycles. The van der Waals surface area contributed by atoms with Crippen LogP contribution in [0.5, 0.6) is 0 Å². The van der Waals surface area contributed by atoms with Crippen LogP contribution in [0.2, 0.25) is 0 Å². The predicted octanol–water partition coefficient (Wildman–Crippen LogP) is 3.42. The van der Waals surface area contributed by atoms with E-state index in [-0.39, 0.29) is 5.75 Å². The molecule has 0 saturated heterocycles. The quantitative estimate of drug-likeness (QED) is 0.799. The van der Waals surface area contributed by atoms with Crippen molar-refractivity contribution < 1.29 is 8.42 Å². The molecule has 1 atom stereocenters. The van der Waals surface area contributed by atoms with Crippen molar-refractivity contribution >= 4 is 27.3 Å². The summed E-state index contributed by atoms with van der Waals surface area (Å²) in [5.74, 6) is 1.17. The summed E-state index contributed by atoms with van der Waals surface area (Å²) in [7, 11) is -3.18. The fourth-order valence-corrected chi connectivity index (χ4v) is 4.15. The predicted molar refractivity (Wildman–Crippen MR) is 84.9 cm³/mol. The number of para-hydroxylation sites is 1. The second kappa shape index (κ2) is 7.80.